The van der Waals surface area contributed by atoms with Gasteiger partial charge in [-0.2, -0.15) is 0 Å². The first kappa shape index (κ1) is 12.6. The van der Waals surface area contributed by atoms with Gasteiger partial charge in [-0.05, 0) is 18.4 Å². The maximum atomic E-state index is 12.6. The Morgan fingerprint density at radius 3 is 2.68 bits per heavy atom. The summed E-state index contributed by atoms with van der Waals surface area (Å²) in [6, 6.07) is 10.2. The number of hydrogen-bond donors (Lipinski definition) is 2. The highest BCUT2D eigenvalue weighted by Gasteiger charge is 2.52. The number of methoxy groups -OCH3 is 1. The summed E-state index contributed by atoms with van der Waals surface area (Å²) in [5, 5.41) is 6.41. The molecule has 2 atom stereocenters. The quantitative estimate of drug-likeness (QED) is 0.843. The standard InChI is InChI=1S/C15H20N2O2/c1-19-13-10-16-9-12(13)17-14(18)15(7-8-15)11-5-3-2-4-6-11/h2-6,12-13,16H,7-10H2,1H3,(H,17,18). The van der Waals surface area contributed by atoms with Gasteiger partial charge < -0.3 is 15.4 Å². The van der Waals surface area contributed by atoms with E-state index in [0.29, 0.717) is 0 Å². The zero-order chi connectivity index (χ0) is 13.3. The number of carbonyl (C=O) groups excluding carboxylic acids is 1. The largest absolute Gasteiger partial charge is 0.378 e. The summed E-state index contributed by atoms with van der Waals surface area (Å²) in [6.07, 6.45) is 1.97. The molecule has 1 aromatic carbocycles. The van der Waals surface area contributed by atoms with Crippen LogP contribution >= 0.6 is 0 Å². The molecule has 2 aliphatic rings. The lowest BCUT2D eigenvalue weighted by atomic mass is 9.94. The van der Waals surface area contributed by atoms with Crippen LogP contribution in [0.25, 0.3) is 0 Å². The molecule has 3 rings (SSSR count). The van der Waals surface area contributed by atoms with E-state index in [1.807, 2.05) is 30.3 Å². The molecule has 1 amide bonds. The number of ether oxygens (including phenoxy) is 1. The van der Waals surface area contributed by atoms with E-state index in [0.717, 1.165) is 31.5 Å². The topological polar surface area (TPSA) is 50.4 Å². The van der Waals surface area contributed by atoms with Gasteiger partial charge in [0, 0.05) is 20.2 Å². The van der Waals surface area contributed by atoms with Crippen molar-refractivity contribution in [3.8, 4) is 0 Å². The first-order chi connectivity index (χ1) is 9.26. The molecule has 0 spiro atoms. The maximum absolute atomic E-state index is 12.6. The summed E-state index contributed by atoms with van der Waals surface area (Å²) in [4.78, 5) is 12.6. The minimum Gasteiger partial charge on any atom is -0.378 e. The molecule has 1 aromatic rings. The van der Waals surface area contributed by atoms with Crippen molar-refractivity contribution < 1.29 is 9.53 Å². The molecular weight excluding hydrogens is 240 g/mol. The molecule has 2 unspecified atom stereocenters. The van der Waals surface area contributed by atoms with Crippen LogP contribution in [0, 0.1) is 0 Å². The summed E-state index contributed by atoms with van der Waals surface area (Å²) < 4.78 is 5.39. The van der Waals surface area contributed by atoms with Crippen LogP contribution in [0.2, 0.25) is 0 Å². The van der Waals surface area contributed by atoms with Gasteiger partial charge >= 0.3 is 0 Å². The SMILES string of the molecule is COC1CNCC1NC(=O)C1(c2ccccc2)CC1. The Hall–Kier alpha value is -1.39. The van der Waals surface area contributed by atoms with Crippen molar-refractivity contribution in [3.63, 3.8) is 0 Å². The fourth-order valence-electron chi connectivity index (χ4n) is 2.88. The Morgan fingerprint density at radius 1 is 1.32 bits per heavy atom. The Bertz CT molecular complexity index is 456. The molecule has 1 saturated carbocycles. The minimum absolute atomic E-state index is 0.0792. The first-order valence-corrected chi connectivity index (χ1v) is 6.86. The lowest BCUT2D eigenvalue weighted by molar-refractivity contribution is -0.124. The molecule has 2 N–H and O–H groups in total. The molecule has 0 bridgehead atoms. The predicted molar refractivity (Wildman–Crippen MR) is 73.0 cm³/mol. The molecule has 1 saturated heterocycles. The molecule has 4 nitrogen and oxygen atoms in total. The summed E-state index contributed by atoms with van der Waals surface area (Å²) in [6.45, 7) is 1.59. The molecule has 1 heterocycles. The number of amides is 1. The van der Waals surface area contributed by atoms with Gasteiger partial charge in [-0.3, -0.25) is 4.79 Å². The molecule has 4 heteroatoms. The van der Waals surface area contributed by atoms with Crippen LogP contribution in [-0.2, 0) is 14.9 Å². The second-order valence-corrected chi connectivity index (χ2v) is 5.46. The summed E-state index contributed by atoms with van der Waals surface area (Å²) in [7, 11) is 1.70. The van der Waals surface area contributed by atoms with Crippen LogP contribution < -0.4 is 10.6 Å². The molecule has 0 radical (unpaired) electrons. The van der Waals surface area contributed by atoms with E-state index < -0.39 is 0 Å². The van der Waals surface area contributed by atoms with Crippen LogP contribution in [0.5, 0.6) is 0 Å². The lowest BCUT2D eigenvalue weighted by Gasteiger charge is -2.22. The lowest BCUT2D eigenvalue weighted by Crippen LogP contribution is -2.47. The zero-order valence-electron chi connectivity index (χ0n) is 11.2. The van der Waals surface area contributed by atoms with Gasteiger partial charge in [0.1, 0.15) is 0 Å². The average Bonchev–Trinajstić information content (AvgIpc) is 3.15. The molecule has 1 aliphatic carbocycles. The number of hydrogen-bond acceptors (Lipinski definition) is 3. The third-order valence-corrected chi connectivity index (χ3v) is 4.29. The Labute approximate surface area is 113 Å². The van der Waals surface area contributed by atoms with Crippen molar-refractivity contribution in [2.24, 2.45) is 0 Å². The number of rotatable bonds is 4. The fraction of sp³-hybridized carbons (Fsp3) is 0.533. The molecule has 19 heavy (non-hydrogen) atoms. The average molecular weight is 260 g/mol. The normalized spacial score (nSPS) is 28.1. The Morgan fingerprint density at radius 2 is 2.05 bits per heavy atom. The van der Waals surface area contributed by atoms with Crippen molar-refractivity contribution >= 4 is 5.91 Å². The highest BCUT2D eigenvalue weighted by Crippen LogP contribution is 2.48. The van der Waals surface area contributed by atoms with E-state index in [4.69, 9.17) is 4.74 Å². The highest BCUT2D eigenvalue weighted by atomic mass is 16.5. The smallest absolute Gasteiger partial charge is 0.231 e. The van der Waals surface area contributed by atoms with Crippen molar-refractivity contribution in [3.05, 3.63) is 35.9 Å². The van der Waals surface area contributed by atoms with E-state index >= 15 is 0 Å². The van der Waals surface area contributed by atoms with Gasteiger partial charge in [-0.25, -0.2) is 0 Å². The van der Waals surface area contributed by atoms with Crippen LogP contribution in [0.15, 0.2) is 30.3 Å². The second-order valence-electron chi connectivity index (χ2n) is 5.46. The predicted octanol–water partition coefficient (Wildman–Crippen LogP) is 0.821. The summed E-state index contributed by atoms with van der Waals surface area (Å²) in [5.41, 5.74) is 0.842. The fourth-order valence-corrected chi connectivity index (χ4v) is 2.88. The Balaban J connectivity index is 1.71. The van der Waals surface area contributed by atoms with E-state index in [9.17, 15) is 4.79 Å². The first-order valence-electron chi connectivity index (χ1n) is 6.86. The summed E-state index contributed by atoms with van der Waals surface area (Å²) >= 11 is 0. The van der Waals surface area contributed by atoms with Gasteiger partial charge in [-0.15, -0.1) is 0 Å². The van der Waals surface area contributed by atoms with Crippen molar-refractivity contribution in [2.75, 3.05) is 20.2 Å². The number of carbonyl (C=O) groups is 1. The van der Waals surface area contributed by atoms with Gasteiger partial charge in [-0.1, -0.05) is 30.3 Å². The minimum atomic E-state index is -0.290. The monoisotopic (exact) mass is 260 g/mol. The van der Waals surface area contributed by atoms with Crippen molar-refractivity contribution in [1.29, 1.82) is 0 Å². The zero-order valence-corrected chi connectivity index (χ0v) is 11.2. The summed E-state index contributed by atoms with van der Waals surface area (Å²) in [5.74, 6) is 0.148. The van der Waals surface area contributed by atoms with Crippen molar-refractivity contribution in [1.82, 2.24) is 10.6 Å². The number of nitrogens with one attached hydrogen (secondary N) is 2. The van der Waals surface area contributed by atoms with Crippen LogP contribution in [0.3, 0.4) is 0 Å². The van der Waals surface area contributed by atoms with Gasteiger partial charge in [0.05, 0.1) is 17.6 Å². The van der Waals surface area contributed by atoms with Crippen LogP contribution in [0.4, 0.5) is 0 Å². The molecular formula is C15H20N2O2. The van der Waals surface area contributed by atoms with Crippen LogP contribution in [-0.4, -0.2) is 38.3 Å². The second kappa shape index (κ2) is 4.94. The van der Waals surface area contributed by atoms with Gasteiger partial charge in [0.15, 0.2) is 0 Å². The molecule has 1 aliphatic heterocycles. The Kier molecular flexibility index (Phi) is 3.29. The van der Waals surface area contributed by atoms with Gasteiger partial charge in [0.2, 0.25) is 5.91 Å². The van der Waals surface area contributed by atoms with E-state index in [-0.39, 0.29) is 23.5 Å². The van der Waals surface area contributed by atoms with E-state index in [2.05, 4.69) is 10.6 Å². The van der Waals surface area contributed by atoms with E-state index in [1.54, 1.807) is 7.11 Å². The van der Waals surface area contributed by atoms with Gasteiger partial charge in [0.25, 0.3) is 0 Å². The number of benzene rings is 1. The molecule has 0 aromatic heterocycles. The molecule has 102 valence electrons. The van der Waals surface area contributed by atoms with Crippen LogP contribution in [0.1, 0.15) is 18.4 Å². The highest BCUT2D eigenvalue weighted by molar-refractivity contribution is 5.91. The third-order valence-electron chi connectivity index (χ3n) is 4.29. The van der Waals surface area contributed by atoms with Crippen molar-refractivity contribution in [2.45, 2.75) is 30.4 Å². The molecule has 2 fully saturated rings. The maximum Gasteiger partial charge on any atom is 0.231 e. The van der Waals surface area contributed by atoms with E-state index in [1.165, 1.54) is 0 Å². The third kappa shape index (κ3) is 2.26.